The summed E-state index contributed by atoms with van der Waals surface area (Å²) < 4.78 is 44.3. The number of thiocarbonyl (C=S) groups is 1. The summed E-state index contributed by atoms with van der Waals surface area (Å²) in [4.78, 5) is 12.0. The number of ether oxygens (including phenoxy) is 1. The van der Waals surface area contributed by atoms with E-state index in [9.17, 15) is 18.0 Å². The van der Waals surface area contributed by atoms with Crippen molar-refractivity contribution in [3.05, 3.63) is 56.9 Å². The molecule has 0 saturated heterocycles. The third-order valence-electron chi connectivity index (χ3n) is 3.79. The number of esters is 1. The standard InChI is InChI=1S/C18H11Cl2F3N2O2S2/c1-27-16(26)15-14(20)10-4-2-9(7-13(10)29-15)25-17(28)24-8-3-5-12(19)11(6-8)18(21,22)23/h2-7H,1H3,(H2,24,25,28). The number of hydrogen-bond acceptors (Lipinski definition) is 4. The largest absolute Gasteiger partial charge is 0.465 e. The Balaban J connectivity index is 1.79. The molecular weight excluding hydrogens is 468 g/mol. The fourth-order valence-electron chi connectivity index (χ4n) is 2.48. The third kappa shape index (κ3) is 4.75. The number of carbonyl (C=O) groups is 1. The molecule has 0 saturated carbocycles. The van der Waals surface area contributed by atoms with Crippen LogP contribution in [-0.2, 0) is 10.9 Å². The minimum Gasteiger partial charge on any atom is -0.465 e. The van der Waals surface area contributed by atoms with Crippen LogP contribution in [0, 0.1) is 0 Å². The van der Waals surface area contributed by atoms with Gasteiger partial charge in [-0.1, -0.05) is 23.2 Å². The first-order valence-electron chi connectivity index (χ1n) is 7.85. The maximum Gasteiger partial charge on any atom is 0.417 e. The third-order valence-corrected chi connectivity index (χ3v) is 5.96. The summed E-state index contributed by atoms with van der Waals surface area (Å²) in [5.74, 6) is -0.536. The molecule has 1 aromatic heterocycles. The SMILES string of the molecule is COC(=O)c1sc2cc(NC(=S)Nc3ccc(Cl)c(C(F)(F)F)c3)ccc2c1Cl. The van der Waals surface area contributed by atoms with E-state index in [1.165, 1.54) is 13.2 Å². The summed E-state index contributed by atoms with van der Waals surface area (Å²) in [5, 5.41) is 6.22. The van der Waals surface area contributed by atoms with Gasteiger partial charge in [0.1, 0.15) is 4.88 Å². The molecule has 0 aliphatic heterocycles. The fourth-order valence-corrected chi connectivity index (χ4v) is 4.41. The Kier molecular flexibility index (Phi) is 6.23. The Labute approximate surface area is 182 Å². The molecule has 0 radical (unpaired) electrons. The Hall–Kier alpha value is -2.07. The number of rotatable bonds is 3. The summed E-state index contributed by atoms with van der Waals surface area (Å²) >= 11 is 18.1. The molecule has 11 heteroatoms. The Bertz CT molecular complexity index is 1120. The zero-order valence-electron chi connectivity index (χ0n) is 14.5. The zero-order chi connectivity index (χ0) is 21.3. The van der Waals surface area contributed by atoms with E-state index in [0.717, 1.165) is 23.5 Å². The lowest BCUT2D eigenvalue weighted by molar-refractivity contribution is -0.137. The molecule has 0 unspecified atom stereocenters. The van der Waals surface area contributed by atoms with E-state index in [1.54, 1.807) is 18.2 Å². The molecule has 0 aliphatic carbocycles. The Morgan fingerprint density at radius 1 is 1.10 bits per heavy atom. The summed E-state index contributed by atoms with van der Waals surface area (Å²) in [5.41, 5.74) is -0.265. The van der Waals surface area contributed by atoms with Gasteiger partial charge in [-0.25, -0.2) is 4.79 Å². The minimum atomic E-state index is -4.58. The van der Waals surface area contributed by atoms with Crippen LogP contribution < -0.4 is 10.6 Å². The van der Waals surface area contributed by atoms with Crippen LogP contribution in [-0.4, -0.2) is 18.2 Å². The number of thiophene rings is 1. The molecule has 0 spiro atoms. The molecule has 4 nitrogen and oxygen atoms in total. The van der Waals surface area contributed by atoms with Crippen LogP contribution >= 0.6 is 46.8 Å². The van der Waals surface area contributed by atoms with Crippen LogP contribution in [0.3, 0.4) is 0 Å². The number of fused-ring (bicyclic) bond motifs is 1. The average molecular weight is 479 g/mol. The molecule has 3 rings (SSSR count). The second-order valence-electron chi connectivity index (χ2n) is 5.72. The van der Waals surface area contributed by atoms with Gasteiger partial charge in [0.05, 0.1) is 22.7 Å². The van der Waals surface area contributed by atoms with Crippen molar-refractivity contribution in [2.75, 3.05) is 17.7 Å². The quantitative estimate of drug-likeness (QED) is 0.319. The van der Waals surface area contributed by atoms with Gasteiger partial charge < -0.3 is 15.4 Å². The lowest BCUT2D eigenvalue weighted by atomic mass is 10.2. The molecule has 152 valence electrons. The highest BCUT2D eigenvalue weighted by Crippen LogP contribution is 2.38. The lowest BCUT2D eigenvalue weighted by Crippen LogP contribution is -2.19. The van der Waals surface area contributed by atoms with Crippen molar-refractivity contribution in [3.63, 3.8) is 0 Å². The summed E-state index contributed by atoms with van der Waals surface area (Å²) in [6, 6.07) is 8.50. The number of benzene rings is 2. The Morgan fingerprint density at radius 3 is 2.34 bits per heavy atom. The smallest absolute Gasteiger partial charge is 0.417 e. The normalized spacial score (nSPS) is 11.4. The molecule has 0 bridgehead atoms. The highest BCUT2D eigenvalue weighted by atomic mass is 35.5. The van der Waals surface area contributed by atoms with Crippen molar-refractivity contribution < 1.29 is 22.7 Å². The van der Waals surface area contributed by atoms with Crippen molar-refractivity contribution in [1.82, 2.24) is 0 Å². The first kappa shape index (κ1) is 21.6. The number of alkyl halides is 3. The topological polar surface area (TPSA) is 50.4 Å². The van der Waals surface area contributed by atoms with Crippen molar-refractivity contribution >= 4 is 79.3 Å². The van der Waals surface area contributed by atoms with Crippen molar-refractivity contribution in [2.45, 2.75) is 6.18 Å². The second kappa shape index (κ2) is 8.35. The molecule has 0 atom stereocenters. The van der Waals surface area contributed by atoms with Crippen LogP contribution in [0.4, 0.5) is 24.5 Å². The monoisotopic (exact) mass is 478 g/mol. The van der Waals surface area contributed by atoms with E-state index in [4.69, 9.17) is 40.2 Å². The maximum absolute atomic E-state index is 13.0. The van der Waals surface area contributed by atoms with Gasteiger partial charge in [0.25, 0.3) is 0 Å². The van der Waals surface area contributed by atoms with E-state index in [0.29, 0.717) is 20.8 Å². The Morgan fingerprint density at radius 2 is 1.72 bits per heavy atom. The van der Waals surface area contributed by atoms with Crippen LogP contribution in [0.25, 0.3) is 10.1 Å². The molecule has 1 heterocycles. The number of carbonyl (C=O) groups excluding carboxylic acids is 1. The molecule has 0 aliphatic rings. The van der Waals surface area contributed by atoms with E-state index in [1.807, 2.05) is 0 Å². The van der Waals surface area contributed by atoms with Gasteiger partial charge in [0.15, 0.2) is 5.11 Å². The van der Waals surface area contributed by atoms with Crippen molar-refractivity contribution in [2.24, 2.45) is 0 Å². The van der Waals surface area contributed by atoms with Crippen molar-refractivity contribution in [1.29, 1.82) is 0 Å². The minimum absolute atomic E-state index is 0.0793. The summed E-state index contributed by atoms with van der Waals surface area (Å²) in [6.45, 7) is 0. The van der Waals surface area contributed by atoms with Crippen molar-refractivity contribution in [3.8, 4) is 0 Å². The van der Waals surface area contributed by atoms with Crippen LogP contribution in [0.1, 0.15) is 15.2 Å². The summed E-state index contributed by atoms with van der Waals surface area (Å²) in [6.07, 6.45) is -4.58. The molecule has 0 fully saturated rings. The van der Waals surface area contributed by atoms with E-state index < -0.39 is 22.7 Å². The lowest BCUT2D eigenvalue weighted by Gasteiger charge is -2.14. The molecule has 29 heavy (non-hydrogen) atoms. The number of halogens is 5. The molecule has 2 N–H and O–H groups in total. The van der Waals surface area contributed by atoms with Gasteiger partial charge in [-0.15, -0.1) is 11.3 Å². The van der Waals surface area contributed by atoms with Gasteiger partial charge >= 0.3 is 12.1 Å². The van der Waals surface area contributed by atoms with Gasteiger partial charge in [-0.3, -0.25) is 0 Å². The van der Waals surface area contributed by atoms with Crippen LogP contribution in [0.2, 0.25) is 10.0 Å². The maximum atomic E-state index is 13.0. The molecule has 3 aromatic rings. The highest BCUT2D eigenvalue weighted by Gasteiger charge is 2.33. The van der Waals surface area contributed by atoms with Crippen LogP contribution in [0.15, 0.2) is 36.4 Å². The first-order chi connectivity index (χ1) is 13.6. The number of nitrogens with one attached hydrogen (secondary N) is 2. The number of methoxy groups -OCH3 is 1. The number of anilines is 2. The number of hydrogen-bond donors (Lipinski definition) is 2. The first-order valence-corrected chi connectivity index (χ1v) is 9.83. The van der Waals surface area contributed by atoms with E-state index in [-0.39, 0.29) is 15.7 Å². The van der Waals surface area contributed by atoms with Gasteiger partial charge in [-0.05, 0) is 48.6 Å². The summed E-state index contributed by atoms with van der Waals surface area (Å²) in [7, 11) is 1.26. The van der Waals surface area contributed by atoms with Crippen LogP contribution in [0.5, 0.6) is 0 Å². The predicted molar refractivity (Wildman–Crippen MR) is 114 cm³/mol. The second-order valence-corrected chi connectivity index (χ2v) is 7.96. The van der Waals surface area contributed by atoms with Gasteiger partial charge in [0.2, 0.25) is 0 Å². The fraction of sp³-hybridized carbons (Fsp3) is 0.111. The average Bonchev–Trinajstić information content (AvgIpc) is 2.97. The molecule has 0 amide bonds. The zero-order valence-corrected chi connectivity index (χ0v) is 17.6. The van der Waals surface area contributed by atoms with Gasteiger partial charge in [0, 0.05) is 21.5 Å². The predicted octanol–water partition coefficient (Wildman–Crippen LogP) is 6.82. The van der Waals surface area contributed by atoms with E-state index in [2.05, 4.69) is 10.6 Å². The van der Waals surface area contributed by atoms with Gasteiger partial charge in [-0.2, -0.15) is 13.2 Å². The molecule has 2 aromatic carbocycles. The molecular formula is C18H11Cl2F3N2O2S2. The highest BCUT2D eigenvalue weighted by molar-refractivity contribution is 7.80. The van der Waals surface area contributed by atoms with E-state index >= 15 is 0 Å².